The van der Waals surface area contributed by atoms with Crippen molar-refractivity contribution < 1.29 is 4.74 Å². The molecule has 1 unspecified atom stereocenters. The van der Waals surface area contributed by atoms with Gasteiger partial charge < -0.3 is 10.1 Å². The van der Waals surface area contributed by atoms with E-state index < -0.39 is 0 Å². The largest absolute Gasteiger partial charge is 0.496 e. The number of ether oxygens (including phenoxy) is 1. The highest BCUT2D eigenvalue weighted by molar-refractivity contribution is 9.10. The van der Waals surface area contributed by atoms with Crippen LogP contribution in [0.15, 0.2) is 16.6 Å². The Labute approximate surface area is 118 Å². The maximum absolute atomic E-state index is 5.58. The van der Waals surface area contributed by atoms with E-state index in [1.807, 2.05) is 0 Å². The van der Waals surface area contributed by atoms with E-state index in [2.05, 4.69) is 47.2 Å². The molecule has 1 atom stereocenters. The average molecular weight is 312 g/mol. The molecule has 1 aliphatic heterocycles. The van der Waals surface area contributed by atoms with Crippen molar-refractivity contribution in [2.45, 2.75) is 45.1 Å². The van der Waals surface area contributed by atoms with E-state index in [0.717, 1.165) is 12.3 Å². The maximum Gasteiger partial charge on any atom is 0.123 e. The number of hydrogen-bond acceptors (Lipinski definition) is 2. The number of methoxy groups -OCH3 is 1. The lowest BCUT2D eigenvalue weighted by atomic mass is 9.93. The average Bonchev–Trinajstić information content (AvgIpc) is 2.39. The molecule has 1 heterocycles. The molecule has 2 nitrogen and oxygen atoms in total. The van der Waals surface area contributed by atoms with Gasteiger partial charge in [-0.2, -0.15) is 0 Å². The van der Waals surface area contributed by atoms with Gasteiger partial charge in [0.2, 0.25) is 0 Å². The molecule has 1 aromatic carbocycles. The Bertz CT molecular complexity index is 411. The fraction of sp³-hybridized carbons (Fsp3) is 0.600. The minimum atomic E-state index is 0.436. The van der Waals surface area contributed by atoms with Crippen LogP contribution in [0.1, 0.15) is 56.2 Å². The summed E-state index contributed by atoms with van der Waals surface area (Å²) in [5.74, 6) is 1.52. The Morgan fingerprint density at radius 3 is 2.67 bits per heavy atom. The van der Waals surface area contributed by atoms with Gasteiger partial charge in [-0.15, -0.1) is 0 Å². The van der Waals surface area contributed by atoms with Crippen LogP contribution in [0.3, 0.4) is 0 Å². The van der Waals surface area contributed by atoms with Crippen LogP contribution in [0.5, 0.6) is 5.75 Å². The van der Waals surface area contributed by atoms with Crippen LogP contribution in [-0.4, -0.2) is 13.7 Å². The first kappa shape index (κ1) is 13.9. The number of hydrogen-bond donors (Lipinski definition) is 1. The van der Waals surface area contributed by atoms with Crippen LogP contribution in [0.2, 0.25) is 0 Å². The number of nitrogens with one attached hydrogen (secondary N) is 1. The van der Waals surface area contributed by atoms with Crippen molar-refractivity contribution in [1.82, 2.24) is 5.32 Å². The summed E-state index contributed by atoms with van der Waals surface area (Å²) in [6.45, 7) is 5.52. The first-order chi connectivity index (χ1) is 8.63. The van der Waals surface area contributed by atoms with Crippen LogP contribution in [0, 0.1) is 0 Å². The number of halogens is 1. The molecule has 0 radical (unpaired) electrons. The Morgan fingerprint density at radius 1 is 1.33 bits per heavy atom. The predicted octanol–water partition coefficient (Wildman–Crippen LogP) is 4.40. The molecule has 100 valence electrons. The van der Waals surface area contributed by atoms with Gasteiger partial charge in [-0.3, -0.25) is 0 Å². The van der Waals surface area contributed by atoms with Crippen molar-refractivity contribution >= 4 is 15.9 Å². The van der Waals surface area contributed by atoms with Gasteiger partial charge in [-0.1, -0.05) is 36.2 Å². The van der Waals surface area contributed by atoms with Crippen molar-refractivity contribution in [3.05, 3.63) is 27.7 Å². The second kappa shape index (κ2) is 6.07. The van der Waals surface area contributed by atoms with Gasteiger partial charge in [-0.25, -0.2) is 0 Å². The summed E-state index contributed by atoms with van der Waals surface area (Å²) in [5, 5.41) is 3.59. The zero-order valence-corrected chi connectivity index (χ0v) is 13.0. The van der Waals surface area contributed by atoms with E-state index in [-0.39, 0.29) is 0 Å². The number of piperidine rings is 1. The highest BCUT2D eigenvalue weighted by Crippen LogP contribution is 2.37. The van der Waals surface area contributed by atoms with Crippen LogP contribution in [0.4, 0.5) is 0 Å². The standard InChI is InChI=1S/C15H22BrNO/c1-10(2)11-9-15(18-3)12(8-13(11)16)14-6-4-5-7-17-14/h8-10,14,17H,4-7H2,1-3H3. The van der Waals surface area contributed by atoms with Crippen LogP contribution >= 0.6 is 15.9 Å². The zero-order chi connectivity index (χ0) is 13.1. The molecule has 1 aromatic rings. The van der Waals surface area contributed by atoms with E-state index in [4.69, 9.17) is 4.74 Å². The van der Waals surface area contributed by atoms with Crippen LogP contribution < -0.4 is 10.1 Å². The lowest BCUT2D eigenvalue weighted by Crippen LogP contribution is -2.27. The van der Waals surface area contributed by atoms with Crippen molar-refractivity contribution in [1.29, 1.82) is 0 Å². The van der Waals surface area contributed by atoms with Crippen LogP contribution in [0.25, 0.3) is 0 Å². The third-order valence-corrected chi connectivity index (χ3v) is 4.34. The fourth-order valence-corrected chi connectivity index (χ4v) is 3.41. The topological polar surface area (TPSA) is 21.3 Å². The summed E-state index contributed by atoms with van der Waals surface area (Å²) in [7, 11) is 1.76. The van der Waals surface area contributed by atoms with Gasteiger partial charge in [0.05, 0.1) is 7.11 Å². The molecule has 0 amide bonds. The molecule has 0 bridgehead atoms. The molecule has 3 heteroatoms. The quantitative estimate of drug-likeness (QED) is 0.893. The highest BCUT2D eigenvalue weighted by Gasteiger charge is 2.20. The summed E-state index contributed by atoms with van der Waals surface area (Å²) in [4.78, 5) is 0. The van der Waals surface area contributed by atoms with E-state index >= 15 is 0 Å². The molecule has 0 saturated carbocycles. The van der Waals surface area contributed by atoms with Crippen molar-refractivity contribution in [2.75, 3.05) is 13.7 Å². The Balaban J connectivity index is 2.37. The lowest BCUT2D eigenvalue weighted by Gasteiger charge is -2.26. The molecule has 0 aliphatic carbocycles. The number of rotatable bonds is 3. The van der Waals surface area contributed by atoms with Gasteiger partial charge in [0.15, 0.2) is 0 Å². The van der Waals surface area contributed by atoms with E-state index in [1.54, 1.807) is 7.11 Å². The first-order valence-corrected chi connectivity index (χ1v) is 7.53. The molecule has 0 aromatic heterocycles. The Morgan fingerprint density at radius 2 is 2.11 bits per heavy atom. The Kier molecular flexibility index (Phi) is 4.68. The summed E-state index contributed by atoms with van der Waals surface area (Å²) in [6, 6.07) is 4.85. The maximum atomic E-state index is 5.58. The second-order valence-electron chi connectivity index (χ2n) is 5.27. The fourth-order valence-electron chi connectivity index (χ4n) is 2.59. The van der Waals surface area contributed by atoms with E-state index in [1.165, 1.54) is 34.9 Å². The molecular formula is C15H22BrNO. The molecule has 1 saturated heterocycles. The van der Waals surface area contributed by atoms with Gasteiger partial charge in [-0.05, 0) is 43.0 Å². The van der Waals surface area contributed by atoms with Gasteiger partial charge >= 0.3 is 0 Å². The molecule has 1 aliphatic rings. The molecule has 2 rings (SSSR count). The predicted molar refractivity (Wildman–Crippen MR) is 79.4 cm³/mol. The van der Waals surface area contributed by atoms with E-state index in [9.17, 15) is 0 Å². The minimum absolute atomic E-state index is 0.436. The Hall–Kier alpha value is -0.540. The normalized spacial score (nSPS) is 20.2. The smallest absolute Gasteiger partial charge is 0.123 e. The SMILES string of the molecule is COc1cc(C(C)C)c(Br)cc1C1CCCCN1. The molecule has 18 heavy (non-hydrogen) atoms. The molecule has 1 fully saturated rings. The monoisotopic (exact) mass is 311 g/mol. The summed E-state index contributed by atoms with van der Waals surface area (Å²) >= 11 is 3.69. The van der Waals surface area contributed by atoms with Gasteiger partial charge in [0.1, 0.15) is 5.75 Å². The van der Waals surface area contributed by atoms with Crippen molar-refractivity contribution in [2.24, 2.45) is 0 Å². The molecular weight excluding hydrogens is 290 g/mol. The zero-order valence-electron chi connectivity index (χ0n) is 11.4. The third-order valence-electron chi connectivity index (χ3n) is 3.66. The molecule has 0 spiro atoms. The third kappa shape index (κ3) is 2.89. The molecule has 1 N–H and O–H groups in total. The lowest BCUT2D eigenvalue weighted by molar-refractivity contribution is 0.373. The second-order valence-corrected chi connectivity index (χ2v) is 6.13. The van der Waals surface area contributed by atoms with Gasteiger partial charge in [0.25, 0.3) is 0 Å². The summed E-state index contributed by atoms with van der Waals surface area (Å²) in [5.41, 5.74) is 2.60. The number of benzene rings is 1. The van der Waals surface area contributed by atoms with Crippen molar-refractivity contribution in [3.8, 4) is 5.75 Å². The minimum Gasteiger partial charge on any atom is -0.496 e. The summed E-state index contributed by atoms with van der Waals surface area (Å²) < 4.78 is 6.78. The van der Waals surface area contributed by atoms with Crippen molar-refractivity contribution in [3.63, 3.8) is 0 Å². The van der Waals surface area contributed by atoms with Gasteiger partial charge in [0, 0.05) is 16.1 Å². The van der Waals surface area contributed by atoms with Crippen LogP contribution in [-0.2, 0) is 0 Å². The highest BCUT2D eigenvalue weighted by atomic mass is 79.9. The van der Waals surface area contributed by atoms with E-state index in [0.29, 0.717) is 12.0 Å². The first-order valence-electron chi connectivity index (χ1n) is 6.74. The summed E-state index contributed by atoms with van der Waals surface area (Å²) in [6.07, 6.45) is 3.78.